The molecule has 14 heteroatoms. The Hall–Kier alpha value is -4.64. The normalized spacial score (nSPS) is 17.9. The van der Waals surface area contributed by atoms with Gasteiger partial charge in [-0.3, -0.25) is 9.36 Å². The number of fused-ring (bicyclic) bond motifs is 1. The van der Waals surface area contributed by atoms with Gasteiger partial charge in [0, 0.05) is 13.1 Å². The van der Waals surface area contributed by atoms with Crippen LogP contribution in [0.3, 0.4) is 0 Å². The Morgan fingerprint density at radius 3 is 2.28 bits per heavy atom. The van der Waals surface area contributed by atoms with Crippen molar-refractivity contribution in [2.24, 2.45) is 0 Å². The minimum atomic E-state index is -1.30. The van der Waals surface area contributed by atoms with Crippen molar-refractivity contribution in [3.05, 3.63) is 64.0 Å². The molecule has 2 aromatic carbocycles. The first-order chi connectivity index (χ1) is 21.9. The summed E-state index contributed by atoms with van der Waals surface area (Å²) in [4.78, 5) is 46.1. The molecule has 1 atom stereocenters. The highest BCUT2D eigenvalue weighted by molar-refractivity contribution is 6.00. The van der Waals surface area contributed by atoms with Gasteiger partial charge in [-0.25, -0.2) is 32.6 Å². The predicted molar refractivity (Wildman–Crippen MR) is 165 cm³/mol. The van der Waals surface area contributed by atoms with Crippen LogP contribution in [0.15, 0.2) is 35.4 Å². The third-order valence-corrected chi connectivity index (χ3v) is 8.01. The summed E-state index contributed by atoms with van der Waals surface area (Å²) in [5, 5.41) is 9.13. The van der Waals surface area contributed by atoms with Crippen molar-refractivity contribution in [3.8, 4) is 6.07 Å². The second-order valence-corrected chi connectivity index (χ2v) is 13.7. The smallest absolute Gasteiger partial charge is 0.419 e. The van der Waals surface area contributed by atoms with E-state index in [4.69, 9.17) is 14.2 Å². The average Bonchev–Trinajstić information content (AvgIpc) is 3.37. The standard InChI is InChI=1S/C33H36F3N5O6/c1-31(2,3)46-29(43)39-13-11-33(12-14-39)15-19(17-45-33)40-18-38-23-9-10-24(26(36)25(23)28(40)42)41(30(44)47-32(4,5)6)27-20(16-37)21(34)7-8-22(27)35/h7-10,18-19H,11-15,17H2,1-6H3/t19-/m0/s1. The molecule has 47 heavy (non-hydrogen) atoms. The molecule has 0 aliphatic carbocycles. The number of anilines is 2. The molecule has 2 amide bonds. The lowest BCUT2D eigenvalue weighted by Gasteiger charge is -2.39. The minimum Gasteiger partial charge on any atom is -0.444 e. The van der Waals surface area contributed by atoms with E-state index in [2.05, 4.69) is 4.98 Å². The van der Waals surface area contributed by atoms with Crippen LogP contribution < -0.4 is 10.5 Å². The number of piperidine rings is 1. The van der Waals surface area contributed by atoms with E-state index in [1.165, 1.54) is 43.8 Å². The Kier molecular flexibility index (Phi) is 8.74. The van der Waals surface area contributed by atoms with Gasteiger partial charge in [-0.05, 0) is 85.1 Å². The molecule has 3 heterocycles. The van der Waals surface area contributed by atoms with Crippen molar-refractivity contribution in [2.45, 2.75) is 83.6 Å². The maximum Gasteiger partial charge on any atom is 0.419 e. The summed E-state index contributed by atoms with van der Waals surface area (Å²) in [6, 6.07) is 4.75. The van der Waals surface area contributed by atoms with Gasteiger partial charge in [0.2, 0.25) is 0 Å². The lowest BCUT2D eigenvalue weighted by molar-refractivity contribution is -0.0486. The summed E-state index contributed by atoms with van der Waals surface area (Å²) in [6.07, 6.45) is 0.977. The topological polar surface area (TPSA) is 127 Å². The Morgan fingerprint density at radius 2 is 1.66 bits per heavy atom. The van der Waals surface area contributed by atoms with Crippen molar-refractivity contribution >= 4 is 34.5 Å². The van der Waals surface area contributed by atoms with Crippen LogP contribution in [0.25, 0.3) is 10.9 Å². The van der Waals surface area contributed by atoms with Gasteiger partial charge in [-0.1, -0.05) is 0 Å². The Bertz CT molecular complexity index is 1830. The number of hydrogen-bond acceptors (Lipinski definition) is 8. The van der Waals surface area contributed by atoms with Gasteiger partial charge < -0.3 is 19.1 Å². The van der Waals surface area contributed by atoms with Crippen LogP contribution >= 0.6 is 0 Å². The lowest BCUT2D eigenvalue weighted by Crippen LogP contribution is -2.48. The van der Waals surface area contributed by atoms with E-state index in [0.717, 1.165) is 6.07 Å². The Balaban J connectivity index is 1.51. The van der Waals surface area contributed by atoms with E-state index in [1.807, 2.05) is 0 Å². The maximum absolute atomic E-state index is 16.5. The molecule has 0 saturated carbocycles. The van der Waals surface area contributed by atoms with Gasteiger partial charge in [0.15, 0.2) is 5.82 Å². The molecular weight excluding hydrogens is 619 g/mol. The molecule has 11 nitrogen and oxygen atoms in total. The molecule has 0 unspecified atom stereocenters. The molecule has 250 valence electrons. The van der Waals surface area contributed by atoms with Crippen molar-refractivity contribution in [1.82, 2.24) is 14.5 Å². The number of rotatable bonds is 3. The van der Waals surface area contributed by atoms with Crippen LogP contribution in [0.4, 0.5) is 34.1 Å². The number of carbonyl (C=O) groups is 2. The van der Waals surface area contributed by atoms with Crippen LogP contribution in [0.2, 0.25) is 0 Å². The average molecular weight is 656 g/mol. The molecule has 2 saturated heterocycles. The summed E-state index contributed by atoms with van der Waals surface area (Å²) in [5.41, 5.74) is -5.58. The minimum absolute atomic E-state index is 0.0452. The van der Waals surface area contributed by atoms with Gasteiger partial charge in [-0.15, -0.1) is 0 Å². The highest BCUT2D eigenvalue weighted by atomic mass is 19.1. The fourth-order valence-corrected chi connectivity index (χ4v) is 5.86. The van der Waals surface area contributed by atoms with Crippen molar-refractivity contribution in [2.75, 3.05) is 24.6 Å². The molecule has 2 aliphatic rings. The number of benzene rings is 2. The van der Waals surface area contributed by atoms with Crippen LogP contribution in [-0.2, 0) is 14.2 Å². The first kappa shape index (κ1) is 33.7. The molecule has 1 aromatic heterocycles. The molecule has 1 spiro atoms. The number of carbonyl (C=O) groups excluding carboxylic acids is 2. The fraction of sp³-hybridized carbons (Fsp3) is 0.485. The first-order valence-electron chi connectivity index (χ1n) is 15.2. The summed E-state index contributed by atoms with van der Waals surface area (Å²) in [6.45, 7) is 10.9. The largest absolute Gasteiger partial charge is 0.444 e. The SMILES string of the molecule is CC(C)(C)OC(=O)N1CCC2(CC1)C[C@H](n1cnc3ccc(N(C(=O)OC(C)(C)C)c4c(F)ccc(F)c4C#N)c(F)c3c1=O)CO2. The number of amides is 2. The molecule has 2 aliphatic heterocycles. The van der Waals surface area contributed by atoms with Crippen LogP contribution in [0.1, 0.15) is 72.4 Å². The van der Waals surface area contributed by atoms with Gasteiger partial charge in [0.1, 0.15) is 45.5 Å². The Morgan fingerprint density at radius 1 is 1.02 bits per heavy atom. The summed E-state index contributed by atoms with van der Waals surface area (Å²) in [5.74, 6) is -3.58. The van der Waals surface area contributed by atoms with E-state index >= 15 is 8.78 Å². The van der Waals surface area contributed by atoms with Crippen LogP contribution in [0, 0.1) is 28.8 Å². The van der Waals surface area contributed by atoms with E-state index in [9.17, 15) is 24.0 Å². The Labute approximate surface area is 269 Å². The predicted octanol–water partition coefficient (Wildman–Crippen LogP) is 6.49. The number of likely N-dealkylation sites (tertiary alicyclic amines) is 1. The molecule has 0 N–H and O–H groups in total. The van der Waals surface area contributed by atoms with Gasteiger partial charge >= 0.3 is 12.2 Å². The number of aromatic nitrogens is 2. The van der Waals surface area contributed by atoms with Crippen LogP contribution in [0.5, 0.6) is 0 Å². The summed E-state index contributed by atoms with van der Waals surface area (Å²) >= 11 is 0. The molecular formula is C33H36F3N5O6. The molecule has 0 bridgehead atoms. The quantitative estimate of drug-likeness (QED) is 0.314. The van der Waals surface area contributed by atoms with Gasteiger partial charge in [-0.2, -0.15) is 5.26 Å². The van der Waals surface area contributed by atoms with E-state index in [-0.39, 0.29) is 12.1 Å². The van der Waals surface area contributed by atoms with Crippen LogP contribution in [-0.4, -0.2) is 63.1 Å². The van der Waals surface area contributed by atoms with Gasteiger partial charge in [0.05, 0.1) is 35.8 Å². The van der Waals surface area contributed by atoms with E-state index in [1.54, 1.807) is 25.7 Å². The third-order valence-electron chi connectivity index (χ3n) is 8.01. The molecule has 3 aromatic rings. The zero-order chi connectivity index (χ0) is 34.5. The summed E-state index contributed by atoms with van der Waals surface area (Å²) < 4.78 is 64.7. The second-order valence-electron chi connectivity index (χ2n) is 13.7. The molecule has 0 radical (unpaired) electrons. The van der Waals surface area contributed by atoms with Crippen molar-refractivity contribution in [1.29, 1.82) is 5.26 Å². The molecule has 2 fully saturated rings. The van der Waals surface area contributed by atoms with Crippen molar-refractivity contribution in [3.63, 3.8) is 0 Å². The zero-order valence-electron chi connectivity index (χ0n) is 27.0. The number of ether oxygens (including phenoxy) is 3. The number of nitriles is 1. The van der Waals surface area contributed by atoms with E-state index in [0.29, 0.717) is 49.4 Å². The second kappa shape index (κ2) is 12.2. The first-order valence-corrected chi connectivity index (χ1v) is 15.2. The third kappa shape index (κ3) is 6.76. The maximum atomic E-state index is 16.5. The zero-order valence-corrected chi connectivity index (χ0v) is 27.0. The monoisotopic (exact) mass is 655 g/mol. The highest BCUT2D eigenvalue weighted by Crippen LogP contribution is 2.41. The lowest BCUT2D eigenvalue weighted by atomic mass is 9.87. The molecule has 5 rings (SSSR count). The highest BCUT2D eigenvalue weighted by Gasteiger charge is 2.45. The van der Waals surface area contributed by atoms with Crippen molar-refractivity contribution < 1.29 is 37.0 Å². The van der Waals surface area contributed by atoms with E-state index < -0.39 is 80.4 Å². The number of nitrogens with zero attached hydrogens (tertiary/aromatic N) is 5. The van der Waals surface area contributed by atoms with Gasteiger partial charge in [0.25, 0.3) is 5.56 Å². The number of halogens is 3. The number of hydrogen-bond donors (Lipinski definition) is 0. The fourth-order valence-electron chi connectivity index (χ4n) is 5.86. The summed E-state index contributed by atoms with van der Waals surface area (Å²) in [7, 11) is 0.